The lowest BCUT2D eigenvalue weighted by Crippen LogP contribution is -2.30. The number of carbonyl (C=O) groups is 1. The second-order valence-electron chi connectivity index (χ2n) is 4.63. The molecule has 0 aliphatic heterocycles. The van der Waals surface area contributed by atoms with E-state index in [1.54, 1.807) is 25.1 Å². The molecular formula is C15H16ClNO4S2. The standard InChI is InChI=1S/C15H16ClNO4S2/c1-3-17(10-11-6-4-5-7-12(11)16)23(19,20)14-9-8-13(22-14)15(18)21-2/h4-9H,3,10H2,1-2H3. The molecule has 1 aromatic heterocycles. The first kappa shape index (κ1) is 17.9. The molecule has 0 unspecified atom stereocenters. The summed E-state index contributed by atoms with van der Waals surface area (Å²) in [6.07, 6.45) is 0. The summed E-state index contributed by atoms with van der Waals surface area (Å²) in [6, 6.07) is 9.97. The van der Waals surface area contributed by atoms with Crippen LogP contribution in [0.1, 0.15) is 22.2 Å². The number of hydrogen-bond acceptors (Lipinski definition) is 5. The number of rotatable bonds is 6. The normalized spacial score (nSPS) is 11.7. The van der Waals surface area contributed by atoms with Crippen molar-refractivity contribution < 1.29 is 17.9 Å². The molecular weight excluding hydrogens is 358 g/mol. The van der Waals surface area contributed by atoms with Crippen LogP contribution in [0.5, 0.6) is 0 Å². The molecule has 0 N–H and O–H groups in total. The maximum atomic E-state index is 12.7. The number of nitrogens with zero attached hydrogens (tertiary/aromatic N) is 1. The molecule has 0 fully saturated rings. The fourth-order valence-corrected chi connectivity index (χ4v) is 4.98. The predicted octanol–water partition coefficient (Wildman–Crippen LogP) is 3.40. The van der Waals surface area contributed by atoms with Crippen LogP contribution in [0.4, 0.5) is 0 Å². The molecule has 0 radical (unpaired) electrons. The van der Waals surface area contributed by atoms with Crippen LogP contribution in [-0.2, 0) is 21.3 Å². The van der Waals surface area contributed by atoms with Gasteiger partial charge in [0, 0.05) is 18.1 Å². The van der Waals surface area contributed by atoms with Crippen molar-refractivity contribution in [2.75, 3.05) is 13.7 Å². The van der Waals surface area contributed by atoms with Gasteiger partial charge < -0.3 is 4.74 Å². The fourth-order valence-electron chi connectivity index (χ4n) is 1.98. The van der Waals surface area contributed by atoms with E-state index in [9.17, 15) is 13.2 Å². The van der Waals surface area contributed by atoms with Crippen LogP contribution in [0, 0.1) is 0 Å². The molecule has 0 saturated heterocycles. The van der Waals surface area contributed by atoms with Crippen LogP contribution < -0.4 is 0 Å². The lowest BCUT2D eigenvalue weighted by Gasteiger charge is -2.20. The number of esters is 1. The van der Waals surface area contributed by atoms with E-state index in [1.165, 1.54) is 23.5 Å². The third kappa shape index (κ3) is 3.92. The van der Waals surface area contributed by atoms with Crippen LogP contribution in [0.3, 0.4) is 0 Å². The Balaban J connectivity index is 2.30. The number of carbonyl (C=O) groups excluding carboxylic acids is 1. The van der Waals surface area contributed by atoms with Crippen LogP contribution in [-0.4, -0.2) is 32.3 Å². The summed E-state index contributed by atoms with van der Waals surface area (Å²) >= 11 is 7.00. The Bertz CT molecular complexity index is 801. The first-order valence-corrected chi connectivity index (χ1v) is 9.45. The van der Waals surface area contributed by atoms with Crippen molar-refractivity contribution in [2.24, 2.45) is 0 Å². The van der Waals surface area contributed by atoms with Gasteiger partial charge in [0.1, 0.15) is 9.09 Å². The second kappa shape index (κ2) is 7.44. The molecule has 1 heterocycles. The average Bonchev–Trinajstić information content (AvgIpc) is 3.04. The Morgan fingerprint density at radius 3 is 2.57 bits per heavy atom. The molecule has 23 heavy (non-hydrogen) atoms. The van der Waals surface area contributed by atoms with Crippen molar-refractivity contribution >= 4 is 38.9 Å². The number of benzene rings is 1. The van der Waals surface area contributed by atoms with Gasteiger partial charge in [0.25, 0.3) is 10.0 Å². The first-order valence-electron chi connectivity index (χ1n) is 6.81. The van der Waals surface area contributed by atoms with E-state index < -0.39 is 16.0 Å². The average molecular weight is 374 g/mol. The van der Waals surface area contributed by atoms with E-state index >= 15 is 0 Å². The lowest BCUT2D eigenvalue weighted by atomic mass is 10.2. The Labute approximate surface area is 144 Å². The van der Waals surface area contributed by atoms with E-state index in [4.69, 9.17) is 11.6 Å². The van der Waals surface area contributed by atoms with Gasteiger partial charge in [0.15, 0.2) is 0 Å². The summed E-state index contributed by atoms with van der Waals surface area (Å²) in [7, 11) is -2.45. The molecule has 0 aliphatic carbocycles. The van der Waals surface area contributed by atoms with E-state index in [0.717, 1.165) is 16.9 Å². The van der Waals surface area contributed by atoms with Gasteiger partial charge in [-0.2, -0.15) is 4.31 Å². The summed E-state index contributed by atoms with van der Waals surface area (Å²) in [5.74, 6) is -0.550. The van der Waals surface area contributed by atoms with E-state index in [-0.39, 0.29) is 15.6 Å². The predicted molar refractivity (Wildman–Crippen MR) is 90.4 cm³/mol. The Morgan fingerprint density at radius 2 is 1.96 bits per heavy atom. The molecule has 124 valence electrons. The molecule has 0 saturated carbocycles. The SMILES string of the molecule is CCN(Cc1ccccc1Cl)S(=O)(=O)c1ccc(C(=O)OC)s1. The Kier molecular flexibility index (Phi) is 5.80. The minimum absolute atomic E-state index is 0.104. The molecule has 5 nitrogen and oxygen atoms in total. The molecule has 2 aromatic rings. The zero-order valence-corrected chi connectivity index (χ0v) is 15.0. The zero-order chi connectivity index (χ0) is 17.0. The summed E-state index contributed by atoms with van der Waals surface area (Å²) in [5, 5.41) is 0.516. The summed E-state index contributed by atoms with van der Waals surface area (Å²) in [6.45, 7) is 2.21. The third-order valence-corrected chi connectivity index (χ3v) is 7.04. The minimum Gasteiger partial charge on any atom is -0.465 e. The van der Waals surface area contributed by atoms with Crippen molar-refractivity contribution in [3.8, 4) is 0 Å². The lowest BCUT2D eigenvalue weighted by molar-refractivity contribution is 0.0606. The van der Waals surface area contributed by atoms with Crippen LogP contribution in [0.15, 0.2) is 40.6 Å². The maximum Gasteiger partial charge on any atom is 0.348 e. The van der Waals surface area contributed by atoms with E-state index in [1.807, 2.05) is 6.07 Å². The Hall–Kier alpha value is -1.41. The number of ether oxygens (including phenoxy) is 1. The van der Waals surface area contributed by atoms with Crippen LogP contribution >= 0.6 is 22.9 Å². The van der Waals surface area contributed by atoms with Crippen LogP contribution in [0.2, 0.25) is 5.02 Å². The van der Waals surface area contributed by atoms with Gasteiger partial charge in [0.2, 0.25) is 0 Å². The molecule has 0 aliphatic rings. The molecule has 1 aromatic carbocycles. The van der Waals surface area contributed by atoms with Crippen molar-refractivity contribution in [3.05, 3.63) is 51.9 Å². The highest BCUT2D eigenvalue weighted by atomic mass is 35.5. The van der Waals surface area contributed by atoms with Crippen molar-refractivity contribution in [1.82, 2.24) is 4.31 Å². The van der Waals surface area contributed by atoms with Gasteiger partial charge >= 0.3 is 5.97 Å². The first-order chi connectivity index (χ1) is 10.9. The molecule has 2 rings (SSSR count). The molecule has 8 heteroatoms. The van der Waals surface area contributed by atoms with E-state index in [0.29, 0.717) is 11.6 Å². The molecule has 0 bridgehead atoms. The highest BCUT2D eigenvalue weighted by Gasteiger charge is 2.26. The van der Waals surface area contributed by atoms with Gasteiger partial charge in [-0.25, -0.2) is 13.2 Å². The number of sulfonamides is 1. The van der Waals surface area contributed by atoms with Gasteiger partial charge in [-0.3, -0.25) is 0 Å². The third-order valence-electron chi connectivity index (χ3n) is 3.22. The minimum atomic E-state index is -3.70. The fraction of sp³-hybridized carbons (Fsp3) is 0.267. The number of halogens is 1. The number of thiophene rings is 1. The maximum absolute atomic E-state index is 12.7. The monoisotopic (exact) mass is 373 g/mol. The molecule has 0 atom stereocenters. The molecule has 0 spiro atoms. The van der Waals surface area contributed by atoms with Gasteiger partial charge in [-0.1, -0.05) is 36.7 Å². The van der Waals surface area contributed by atoms with Crippen molar-refractivity contribution in [2.45, 2.75) is 17.7 Å². The number of methoxy groups -OCH3 is 1. The summed E-state index contributed by atoms with van der Waals surface area (Å²) < 4.78 is 31.5. The quantitative estimate of drug-likeness (QED) is 0.728. The van der Waals surface area contributed by atoms with Gasteiger partial charge in [-0.15, -0.1) is 11.3 Å². The van der Waals surface area contributed by atoms with Gasteiger partial charge in [0.05, 0.1) is 7.11 Å². The van der Waals surface area contributed by atoms with Crippen molar-refractivity contribution in [3.63, 3.8) is 0 Å². The highest BCUT2D eigenvalue weighted by Crippen LogP contribution is 2.27. The van der Waals surface area contributed by atoms with Crippen molar-refractivity contribution in [1.29, 1.82) is 0 Å². The van der Waals surface area contributed by atoms with Gasteiger partial charge in [-0.05, 0) is 23.8 Å². The summed E-state index contributed by atoms with van der Waals surface area (Å²) in [5.41, 5.74) is 0.726. The smallest absolute Gasteiger partial charge is 0.348 e. The zero-order valence-electron chi connectivity index (χ0n) is 12.7. The molecule has 0 amide bonds. The van der Waals surface area contributed by atoms with Crippen LogP contribution in [0.25, 0.3) is 0 Å². The summed E-state index contributed by atoms with van der Waals surface area (Å²) in [4.78, 5) is 11.7. The second-order valence-corrected chi connectivity index (χ2v) is 8.29. The largest absolute Gasteiger partial charge is 0.465 e. The topological polar surface area (TPSA) is 63.7 Å². The number of hydrogen-bond donors (Lipinski definition) is 0. The highest BCUT2D eigenvalue weighted by molar-refractivity contribution is 7.91. The Morgan fingerprint density at radius 1 is 1.26 bits per heavy atom. The van der Waals surface area contributed by atoms with E-state index in [2.05, 4.69) is 4.74 Å².